The lowest BCUT2D eigenvalue weighted by Gasteiger charge is -2.31. The van der Waals surface area contributed by atoms with Gasteiger partial charge >= 0.3 is 0 Å². The van der Waals surface area contributed by atoms with Crippen molar-refractivity contribution in [3.63, 3.8) is 0 Å². The fourth-order valence-electron chi connectivity index (χ4n) is 3.89. The maximum atomic E-state index is 13.2. The van der Waals surface area contributed by atoms with Crippen molar-refractivity contribution in [2.45, 2.75) is 29.4 Å². The van der Waals surface area contributed by atoms with Gasteiger partial charge in [0.1, 0.15) is 17.3 Å². The highest BCUT2D eigenvalue weighted by molar-refractivity contribution is 7.92. The van der Waals surface area contributed by atoms with E-state index >= 15 is 0 Å². The Labute approximate surface area is 191 Å². The molecule has 1 aromatic heterocycles. The molecule has 1 aliphatic heterocycles. The van der Waals surface area contributed by atoms with Gasteiger partial charge in [-0.3, -0.25) is 0 Å². The van der Waals surface area contributed by atoms with Crippen LogP contribution in [0.3, 0.4) is 0 Å². The molecular weight excluding hydrogens is 451 g/mol. The van der Waals surface area contributed by atoms with Gasteiger partial charge in [0.2, 0.25) is 0 Å². The molecule has 0 unspecified atom stereocenters. The van der Waals surface area contributed by atoms with Gasteiger partial charge in [0, 0.05) is 36.5 Å². The summed E-state index contributed by atoms with van der Waals surface area (Å²) >= 11 is 1.56. The highest BCUT2D eigenvalue weighted by Crippen LogP contribution is 2.31. The number of ether oxygens (including phenoxy) is 2. The minimum absolute atomic E-state index is 0.183. The van der Waals surface area contributed by atoms with E-state index in [1.807, 2.05) is 23.6 Å². The van der Waals surface area contributed by atoms with E-state index in [1.54, 1.807) is 25.6 Å². The summed E-state index contributed by atoms with van der Waals surface area (Å²) in [5.41, 5.74) is 1.96. The van der Waals surface area contributed by atoms with Crippen molar-refractivity contribution in [1.82, 2.24) is 4.98 Å². The normalized spacial score (nSPS) is 15.0. The molecular formula is C23H25FN2O4S2. The lowest BCUT2D eigenvalue weighted by Crippen LogP contribution is -2.39. The first kappa shape index (κ1) is 22.5. The summed E-state index contributed by atoms with van der Waals surface area (Å²) < 4.78 is 49.6. The number of anilines is 1. The number of halogens is 1. The molecule has 0 radical (unpaired) electrons. The molecule has 1 aliphatic rings. The maximum Gasteiger partial charge on any atom is 0.185 e. The first-order valence-electron chi connectivity index (χ1n) is 10.3. The number of piperidine rings is 1. The molecule has 2 aromatic carbocycles. The van der Waals surface area contributed by atoms with Crippen LogP contribution in [0.5, 0.6) is 11.5 Å². The highest BCUT2D eigenvalue weighted by Gasteiger charge is 2.32. The van der Waals surface area contributed by atoms with E-state index in [1.165, 1.54) is 24.3 Å². The van der Waals surface area contributed by atoms with Gasteiger partial charge in [0.15, 0.2) is 15.0 Å². The van der Waals surface area contributed by atoms with Gasteiger partial charge in [-0.15, -0.1) is 11.3 Å². The van der Waals surface area contributed by atoms with Crippen molar-refractivity contribution in [3.05, 3.63) is 64.9 Å². The zero-order valence-corrected chi connectivity index (χ0v) is 19.6. The van der Waals surface area contributed by atoms with Crippen molar-refractivity contribution in [2.75, 3.05) is 32.2 Å². The molecule has 1 fully saturated rings. The highest BCUT2D eigenvalue weighted by atomic mass is 32.2. The summed E-state index contributed by atoms with van der Waals surface area (Å²) in [4.78, 5) is 7.09. The number of thiazole rings is 1. The quantitative estimate of drug-likeness (QED) is 0.473. The Balaban J connectivity index is 1.41. The first-order valence-corrected chi connectivity index (χ1v) is 12.7. The van der Waals surface area contributed by atoms with Gasteiger partial charge in [-0.2, -0.15) is 0 Å². The average Bonchev–Trinajstić information content (AvgIpc) is 3.28. The molecule has 6 nitrogen and oxygen atoms in total. The summed E-state index contributed by atoms with van der Waals surface area (Å²) in [6, 6.07) is 10.8. The van der Waals surface area contributed by atoms with E-state index in [0.717, 1.165) is 27.9 Å². The van der Waals surface area contributed by atoms with E-state index in [4.69, 9.17) is 14.5 Å². The number of rotatable bonds is 7. The van der Waals surface area contributed by atoms with Gasteiger partial charge in [-0.1, -0.05) is 6.07 Å². The number of hydrogen-bond acceptors (Lipinski definition) is 7. The minimum Gasteiger partial charge on any atom is -0.497 e. The molecule has 3 aromatic rings. The molecule has 0 atom stereocenters. The second kappa shape index (κ2) is 9.46. The van der Waals surface area contributed by atoms with Crippen LogP contribution in [0, 0.1) is 5.82 Å². The molecule has 0 spiro atoms. The van der Waals surface area contributed by atoms with Crippen LogP contribution in [-0.2, 0) is 16.3 Å². The zero-order chi connectivity index (χ0) is 22.7. The molecule has 2 heterocycles. The Kier molecular flexibility index (Phi) is 6.66. The van der Waals surface area contributed by atoms with Crippen LogP contribution in [0.4, 0.5) is 9.52 Å². The Bertz CT molecular complexity index is 1170. The third-order valence-corrected chi connectivity index (χ3v) is 8.93. The van der Waals surface area contributed by atoms with E-state index in [0.29, 0.717) is 32.4 Å². The molecule has 0 N–H and O–H groups in total. The fraction of sp³-hybridized carbons (Fsp3) is 0.348. The molecule has 9 heteroatoms. The molecule has 1 saturated heterocycles. The summed E-state index contributed by atoms with van der Waals surface area (Å²) in [5, 5.41) is 2.46. The second-order valence-corrected chi connectivity index (χ2v) is 10.7. The minimum atomic E-state index is -3.47. The third-order valence-electron chi connectivity index (χ3n) is 5.70. The van der Waals surface area contributed by atoms with Crippen molar-refractivity contribution in [2.24, 2.45) is 0 Å². The average molecular weight is 477 g/mol. The molecule has 0 saturated carbocycles. The number of aromatic nitrogens is 1. The molecule has 32 heavy (non-hydrogen) atoms. The van der Waals surface area contributed by atoms with Crippen molar-refractivity contribution < 1.29 is 22.3 Å². The summed E-state index contributed by atoms with van der Waals surface area (Å²) in [7, 11) is -0.214. The molecule has 4 rings (SSSR count). The predicted molar refractivity (Wildman–Crippen MR) is 123 cm³/mol. The van der Waals surface area contributed by atoms with Crippen LogP contribution >= 0.6 is 11.3 Å². The van der Waals surface area contributed by atoms with E-state index in [-0.39, 0.29) is 4.90 Å². The summed E-state index contributed by atoms with van der Waals surface area (Å²) in [5.74, 6) is 1.05. The third kappa shape index (κ3) is 4.73. The maximum absolute atomic E-state index is 13.2. The van der Waals surface area contributed by atoms with E-state index in [2.05, 4.69) is 4.90 Å². The summed E-state index contributed by atoms with van der Waals surface area (Å²) in [6.07, 6.45) is 1.67. The topological polar surface area (TPSA) is 68.7 Å². The zero-order valence-electron chi connectivity index (χ0n) is 18.0. The van der Waals surface area contributed by atoms with Gasteiger partial charge < -0.3 is 14.4 Å². The van der Waals surface area contributed by atoms with E-state index in [9.17, 15) is 12.8 Å². The molecule has 0 aliphatic carbocycles. The second-order valence-electron chi connectivity index (χ2n) is 7.66. The lowest BCUT2D eigenvalue weighted by atomic mass is 10.1. The van der Waals surface area contributed by atoms with Crippen LogP contribution in [-0.4, -0.2) is 46.0 Å². The Hall–Kier alpha value is -2.65. The predicted octanol–water partition coefficient (Wildman–Crippen LogP) is 4.33. The Morgan fingerprint density at radius 1 is 1.09 bits per heavy atom. The Morgan fingerprint density at radius 2 is 1.81 bits per heavy atom. The largest absolute Gasteiger partial charge is 0.497 e. The number of hydrogen-bond donors (Lipinski definition) is 0. The number of methoxy groups -OCH3 is 2. The number of benzene rings is 2. The molecule has 170 valence electrons. The van der Waals surface area contributed by atoms with Crippen LogP contribution in [0.1, 0.15) is 24.1 Å². The van der Waals surface area contributed by atoms with Crippen LogP contribution in [0.15, 0.2) is 52.7 Å². The van der Waals surface area contributed by atoms with Gasteiger partial charge in [-0.25, -0.2) is 17.8 Å². The van der Waals surface area contributed by atoms with Crippen LogP contribution in [0.2, 0.25) is 0 Å². The van der Waals surface area contributed by atoms with Crippen molar-refractivity contribution in [1.29, 1.82) is 0 Å². The van der Waals surface area contributed by atoms with Crippen LogP contribution in [0.25, 0.3) is 0 Å². The monoisotopic (exact) mass is 476 g/mol. The van der Waals surface area contributed by atoms with Crippen molar-refractivity contribution in [3.8, 4) is 11.5 Å². The smallest absolute Gasteiger partial charge is 0.185 e. The first-order chi connectivity index (χ1) is 15.4. The number of sulfone groups is 1. The Morgan fingerprint density at radius 3 is 2.47 bits per heavy atom. The standard InChI is InChI=1S/C23H25FN2O4S2/c1-29-19-6-3-16(22(14-19)30-2)13-18-15-31-23(25-18)26-11-9-21(10-12-26)32(27,28)20-7-4-17(24)5-8-20/h3-8,14-15,21H,9-13H2,1-2H3. The molecule has 0 amide bonds. The van der Waals surface area contributed by atoms with Crippen LogP contribution < -0.4 is 14.4 Å². The van der Waals surface area contributed by atoms with Gasteiger partial charge in [0.05, 0.1) is 30.1 Å². The van der Waals surface area contributed by atoms with Gasteiger partial charge in [0.25, 0.3) is 0 Å². The van der Waals surface area contributed by atoms with Crippen molar-refractivity contribution >= 4 is 26.3 Å². The summed E-state index contributed by atoms with van der Waals surface area (Å²) in [6.45, 7) is 1.23. The fourth-order valence-corrected chi connectivity index (χ4v) is 6.50. The number of nitrogens with zero attached hydrogens (tertiary/aromatic N) is 2. The van der Waals surface area contributed by atoms with E-state index < -0.39 is 20.9 Å². The molecule has 0 bridgehead atoms. The lowest BCUT2D eigenvalue weighted by molar-refractivity contribution is 0.391. The SMILES string of the molecule is COc1ccc(Cc2csc(N3CCC(S(=O)(=O)c4ccc(F)cc4)CC3)n2)c(OC)c1. The van der Waals surface area contributed by atoms with Gasteiger partial charge in [-0.05, 0) is 43.2 Å².